The zero-order valence-corrected chi connectivity index (χ0v) is 15.4. The van der Waals surface area contributed by atoms with Crippen LogP contribution in [0.1, 0.15) is 43.2 Å². The summed E-state index contributed by atoms with van der Waals surface area (Å²) in [5.74, 6) is 1.31. The van der Waals surface area contributed by atoms with Gasteiger partial charge in [0.15, 0.2) is 5.82 Å². The predicted octanol–water partition coefficient (Wildman–Crippen LogP) is 1.50. The van der Waals surface area contributed by atoms with Gasteiger partial charge < -0.3 is 9.64 Å². The number of hydrogen-bond acceptors (Lipinski definition) is 6. The van der Waals surface area contributed by atoms with E-state index in [0.717, 1.165) is 37.2 Å². The zero-order chi connectivity index (χ0) is 17.3. The van der Waals surface area contributed by atoms with Gasteiger partial charge in [-0.05, 0) is 19.8 Å². The van der Waals surface area contributed by atoms with Crippen LogP contribution < -0.4 is 4.90 Å². The minimum absolute atomic E-state index is 0.267. The topological polar surface area (TPSA) is 75.6 Å². The molecule has 2 aliphatic rings. The molecule has 0 bridgehead atoms. The van der Waals surface area contributed by atoms with Gasteiger partial charge in [0, 0.05) is 32.4 Å². The number of morpholine rings is 1. The summed E-state index contributed by atoms with van der Waals surface area (Å²) in [7, 11) is 0.480. The molecule has 0 amide bonds. The molecule has 1 saturated carbocycles. The molecule has 2 heterocycles. The van der Waals surface area contributed by atoms with Gasteiger partial charge in [-0.2, -0.15) is 4.31 Å². The molecule has 0 radical (unpaired) electrons. The predicted molar refractivity (Wildman–Crippen MR) is 92.5 cm³/mol. The molecule has 1 unspecified atom stereocenters. The standard InChI is InChI=1S/C16H26N4O3S/c1-12-10-15(19(2)3)18-16(17-12)14-11-23-9-8-20(14)24(21,22)13-6-4-5-7-13/h10,13-14H,4-9,11H2,1-3H3. The van der Waals surface area contributed by atoms with Gasteiger partial charge in [-0.3, -0.25) is 0 Å². The first-order valence-corrected chi connectivity index (χ1v) is 10.0. The van der Waals surface area contributed by atoms with Crippen molar-refractivity contribution in [2.24, 2.45) is 0 Å². The maximum absolute atomic E-state index is 13.1. The maximum atomic E-state index is 13.1. The average molecular weight is 354 g/mol. The van der Waals surface area contributed by atoms with Crippen molar-refractivity contribution < 1.29 is 13.2 Å². The highest BCUT2D eigenvalue weighted by Crippen LogP contribution is 2.33. The van der Waals surface area contributed by atoms with E-state index in [1.165, 1.54) is 0 Å². The summed E-state index contributed by atoms with van der Waals surface area (Å²) in [4.78, 5) is 11.0. The lowest BCUT2D eigenvalue weighted by Crippen LogP contribution is -2.47. The molecule has 0 aromatic carbocycles. The van der Waals surface area contributed by atoms with Crippen LogP contribution >= 0.6 is 0 Å². The van der Waals surface area contributed by atoms with Gasteiger partial charge in [0.2, 0.25) is 10.0 Å². The fourth-order valence-electron chi connectivity index (χ4n) is 3.43. The van der Waals surface area contributed by atoms with Gasteiger partial charge in [-0.1, -0.05) is 12.8 Å². The van der Waals surface area contributed by atoms with Crippen molar-refractivity contribution in [2.75, 3.05) is 38.8 Å². The summed E-state index contributed by atoms with van der Waals surface area (Å²) in [6, 6.07) is 1.45. The van der Waals surface area contributed by atoms with Crippen LogP contribution in [0.25, 0.3) is 0 Å². The smallest absolute Gasteiger partial charge is 0.217 e. The Labute approximate surface area is 144 Å². The lowest BCUT2D eigenvalue weighted by atomic mass is 10.2. The van der Waals surface area contributed by atoms with Crippen molar-refractivity contribution in [3.05, 3.63) is 17.6 Å². The molecule has 8 heteroatoms. The van der Waals surface area contributed by atoms with Crippen LogP contribution in [0, 0.1) is 6.92 Å². The maximum Gasteiger partial charge on any atom is 0.217 e. The third-order valence-corrected chi connectivity index (χ3v) is 7.15. The molecule has 0 spiro atoms. The Balaban J connectivity index is 1.95. The van der Waals surface area contributed by atoms with Crippen molar-refractivity contribution in [3.63, 3.8) is 0 Å². The summed E-state index contributed by atoms with van der Waals surface area (Å²) in [5.41, 5.74) is 0.826. The van der Waals surface area contributed by atoms with E-state index < -0.39 is 16.1 Å². The quantitative estimate of drug-likeness (QED) is 0.816. The van der Waals surface area contributed by atoms with Crippen LogP contribution in [0.3, 0.4) is 0 Å². The number of ether oxygens (including phenoxy) is 1. The summed E-state index contributed by atoms with van der Waals surface area (Å²) in [6.45, 7) is 3.01. The molecule has 1 saturated heterocycles. The van der Waals surface area contributed by atoms with Crippen LogP contribution in [0.2, 0.25) is 0 Å². The van der Waals surface area contributed by atoms with Crippen LogP contribution in [0.15, 0.2) is 6.07 Å². The van der Waals surface area contributed by atoms with Crippen LogP contribution in [0.5, 0.6) is 0 Å². The normalized spacial score (nSPS) is 23.5. The van der Waals surface area contributed by atoms with Gasteiger partial charge >= 0.3 is 0 Å². The van der Waals surface area contributed by atoms with E-state index in [9.17, 15) is 8.42 Å². The Bertz CT molecular complexity index is 687. The Morgan fingerprint density at radius 3 is 2.62 bits per heavy atom. The number of sulfonamides is 1. The van der Waals surface area contributed by atoms with Crippen molar-refractivity contribution in [1.82, 2.24) is 14.3 Å². The number of hydrogen-bond donors (Lipinski definition) is 0. The van der Waals surface area contributed by atoms with E-state index in [1.54, 1.807) is 4.31 Å². The molecule has 24 heavy (non-hydrogen) atoms. The molecule has 134 valence electrons. The highest BCUT2D eigenvalue weighted by atomic mass is 32.2. The molecule has 7 nitrogen and oxygen atoms in total. The molecule has 1 aromatic rings. The lowest BCUT2D eigenvalue weighted by molar-refractivity contribution is 0.0285. The molecule has 1 aliphatic carbocycles. The molecule has 1 atom stereocenters. The molecule has 2 fully saturated rings. The van der Waals surface area contributed by atoms with Crippen LogP contribution in [0.4, 0.5) is 5.82 Å². The van der Waals surface area contributed by atoms with E-state index >= 15 is 0 Å². The Morgan fingerprint density at radius 2 is 1.96 bits per heavy atom. The lowest BCUT2D eigenvalue weighted by Gasteiger charge is -2.35. The molecule has 1 aromatic heterocycles. The average Bonchev–Trinajstić information content (AvgIpc) is 3.09. The molecule has 0 N–H and O–H groups in total. The van der Waals surface area contributed by atoms with Crippen molar-refractivity contribution in [1.29, 1.82) is 0 Å². The largest absolute Gasteiger partial charge is 0.378 e. The highest BCUT2D eigenvalue weighted by molar-refractivity contribution is 7.89. The fraction of sp³-hybridized carbons (Fsp3) is 0.750. The number of anilines is 1. The summed E-state index contributed by atoms with van der Waals surface area (Å²) >= 11 is 0. The Kier molecular flexibility index (Phi) is 5.08. The van der Waals surface area contributed by atoms with Gasteiger partial charge in [0.05, 0.1) is 18.5 Å². The minimum atomic E-state index is -3.35. The van der Waals surface area contributed by atoms with Gasteiger partial charge in [-0.15, -0.1) is 0 Å². The second kappa shape index (κ2) is 6.93. The first-order valence-electron chi connectivity index (χ1n) is 8.51. The van der Waals surface area contributed by atoms with Crippen molar-refractivity contribution in [3.8, 4) is 0 Å². The third-order valence-electron chi connectivity index (χ3n) is 4.74. The SMILES string of the molecule is Cc1cc(N(C)C)nc(C2COCCN2S(=O)(=O)C2CCCC2)n1. The van der Waals surface area contributed by atoms with Gasteiger partial charge in [-0.25, -0.2) is 18.4 Å². The monoisotopic (exact) mass is 354 g/mol. The highest BCUT2D eigenvalue weighted by Gasteiger charge is 2.41. The van der Waals surface area contributed by atoms with E-state index in [2.05, 4.69) is 9.97 Å². The second-order valence-corrected chi connectivity index (χ2v) is 8.94. The molecular weight excluding hydrogens is 328 g/mol. The number of nitrogens with zero attached hydrogens (tertiary/aromatic N) is 4. The molecular formula is C16H26N4O3S. The molecule has 3 rings (SSSR count). The first-order chi connectivity index (χ1) is 11.4. The van der Waals surface area contributed by atoms with Crippen LogP contribution in [-0.2, 0) is 14.8 Å². The van der Waals surface area contributed by atoms with E-state index in [-0.39, 0.29) is 5.25 Å². The Hall–Kier alpha value is -1.25. The summed E-state index contributed by atoms with van der Waals surface area (Å²) in [5, 5.41) is -0.267. The van der Waals surface area contributed by atoms with E-state index in [0.29, 0.717) is 25.6 Å². The number of aryl methyl sites for hydroxylation is 1. The van der Waals surface area contributed by atoms with E-state index in [1.807, 2.05) is 32.0 Å². The summed E-state index contributed by atoms with van der Waals surface area (Å²) in [6.07, 6.45) is 3.49. The Morgan fingerprint density at radius 1 is 1.25 bits per heavy atom. The number of aromatic nitrogens is 2. The van der Waals surface area contributed by atoms with Gasteiger partial charge in [0.1, 0.15) is 11.9 Å². The zero-order valence-electron chi connectivity index (χ0n) is 14.6. The third kappa shape index (κ3) is 3.41. The summed E-state index contributed by atoms with van der Waals surface area (Å²) < 4.78 is 33.3. The van der Waals surface area contributed by atoms with Crippen molar-refractivity contribution >= 4 is 15.8 Å². The van der Waals surface area contributed by atoms with E-state index in [4.69, 9.17) is 4.74 Å². The molecule has 1 aliphatic heterocycles. The van der Waals surface area contributed by atoms with Crippen molar-refractivity contribution in [2.45, 2.75) is 43.9 Å². The first kappa shape index (κ1) is 17.6. The van der Waals surface area contributed by atoms with Crippen LogP contribution in [-0.4, -0.2) is 61.8 Å². The fourth-order valence-corrected chi connectivity index (χ4v) is 5.58. The van der Waals surface area contributed by atoms with Gasteiger partial charge in [0.25, 0.3) is 0 Å². The second-order valence-electron chi connectivity index (χ2n) is 6.77. The number of rotatable bonds is 4. The minimum Gasteiger partial charge on any atom is -0.378 e.